The van der Waals surface area contributed by atoms with Gasteiger partial charge in [-0.05, 0) is 36.4 Å². The van der Waals surface area contributed by atoms with Gasteiger partial charge in [0.25, 0.3) is 5.91 Å². The largest absolute Gasteiger partial charge is 0.493 e. The van der Waals surface area contributed by atoms with Gasteiger partial charge in [0.2, 0.25) is 10.0 Å². The van der Waals surface area contributed by atoms with Gasteiger partial charge < -0.3 is 18.9 Å². The lowest BCUT2D eigenvalue weighted by Crippen LogP contribution is -2.50. The van der Waals surface area contributed by atoms with Crippen LogP contribution in [0.15, 0.2) is 46.1 Å². The number of fused-ring (bicyclic) bond motifs is 1. The highest BCUT2D eigenvalue weighted by Crippen LogP contribution is 2.29. The van der Waals surface area contributed by atoms with Crippen molar-refractivity contribution in [2.75, 3.05) is 40.4 Å². The number of ether oxygens (including phenoxy) is 2. The molecular formula is C21H23N3O6S2. The third kappa shape index (κ3) is 3.87. The smallest absolute Gasteiger partial charge is 0.307 e. The number of thiazole rings is 1. The van der Waals surface area contributed by atoms with Crippen LogP contribution in [0.3, 0.4) is 0 Å². The van der Waals surface area contributed by atoms with Crippen molar-refractivity contribution in [2.45, 2.75) is 4.90 Å². The highest BCUT2D eigenvalue weighted by atomic mass is 32.2. The highest BCUT2D eigenvalue weighted by Gasteiger charge is 2.31. The van der Waals surface area contributed by atoms with Crippen LogP contribution in [-0.2, 0) is 17.1 Å². The number of amides is 1. The van der Waals surface area contributed by atoms with Crippen molar-refractivity contribution < 1.29 is 22.7 Å². The maximum atomic E-state index is 13.1. The second kappa shape index (κ2) is 8.57. The van der Waals surface area contributed by atoms with Crippen LogP contribution in [0.4, 0.5) is 0 Å². The molecule has 0 N–H and O–H groups in total. The van der Waals surface area contributed by atoms with Gasteiger partial charge in [-0.15, -0.1) is 0 Å². The first-order chi connectivity index (χ1) is 15.3. The van der Waals surface area contributed by atoms with Crippen LogP contribution in [0.5, 0.6) is 11.5 Å². The molecule has 4 rings (SSSR count). The van der Waals surface area contributed by atoms with E-state index in [4.69, 9.17) is 9.47 Å². The Bertz CT molecular complexity index is 1340. The molecule has 170 valence electrons. The Morgan fingerprint density at radius 2 is 1.66 bits per heavy atom. The van der Waals surface area contributed by atoms with E-state index in [1.807, 2.05) is 0 Å². The molecule has 0 radical (unpaired) electrons. The molecule has 1 amide bonds. The molecule has 1 aliphatic rings. The maximum absolute atomic E-state index is 13.1. The van der Waals surface area contributed by atoms with Crippen molar-refractivity contribution in [3.63, 3.8) is 0 Å². The minimum atomic E-state index is -3.74. The van der Waals surface area contributed by atoms with Crippen molar-refractivity contribution in [1.82, 2.24) is 13.8 Å². The van der Waals surface area contributed by atoms with Gasteiger partial charge in [-0.1, -0.05) is 11.3 Å². The predicted octanol–water partition coefficient (Wildman–Crippen LogP) is 1.76. The number of sulfonamides is 1. The average molecular weight is 478 g/mol. The van der Waals surface area contributed by atoms with Crippen molar-refractivity contribution >= 4 is 37.5 Å². The number of hydrogen-bond acceptors (Lipinski definition) is 7. The van der Waals surface area contributed by atoms with Crippen LogP contribution < -0.4 is 14.3 Å². The predicted molar refractivity (Wildman–Crippen MR) is 121 cm³/mol. The number of aryl methyl sites for hydroxylation is 1. The molecule has 2 heterocycles. The number of methoxy groups -OCH3 is 2. The summed E-state index contributed by atoms with van der Waals surface area (Å²) in [4.78, 5) is 26.4. The van der Waals surface area contributed by atoms with Crippen LogP contribution in [-0.4, -0.2) is 68.5 Å². The number of aromatic nitrogens is 1. The molecule has 1 aliphatic heterocycles. The van der Waals surface area contributed by atoms with Gasteiger partial charge in [0, 0.05) is 38.8 Å². The minimum Gasteiger partial charge on any atom is -0.493 e. The van der Waals surface area contributed by atoms with E-state index in [2.05, 4.69) is 0 Å². The number of rotatable bonds is 5. The Labute approximate surface area is 189 Å². The normalized spacial score (nSPS) is 15.2. The molecule has 0 unspecified atom stereocenters. The van der Waals surface area contributed by atoms with Gasteiger partial charge in [0.05, 0.1) is 29.3 Å². The zero-order valence-electron chi connectivity index (χ0n) is 17.9. The van der Waals surface area contributed by atoms with Crippen LogP contribution in [0, 0.1) is 0 Å². The average Bonchev–Trinajstić information content (AvgIpc) is 3.10. The summed E-state index contributed by atoms with van der Waals surface area (Å²) in [5.41, 5.74) is 1.15. The van der Waals surface area contributed by atoms with Crippen molar-refractivity contribution in [3.8, 4) is 11.5 Å². The summed E-state index contributed by atoms with van der Waals surface area (Å²) in [6.07, 6.45) is 0. The summed E-state index contributed by atoms with van der Waals surface area (Å²) >= 11 is 1.02. The number of benzene rings is 2. The van der Waals surface area contributed by atoms with Gasteiger partial charge >= 0.3 is 4.87 Å². The van der Waals surface area contributed by atoms with Gasteiger partial charge in [0.1, 0.15) is 0 Å². The fourth-order valence-electron chi connectivity index (χ4n) is 3.71. The second-order valence-corrected chi connectivity index (χ2v) is 10.3. The zero-order chi connectivity index (χ0) is 23.0. The zero-order valence-corrected chi connectivity index (χ0v) is 19.5. The molecule has 0 saturated carbocycles. The lowest BCUT2D eigenvalue weighted by molar-refractivity contribution is 0.0697. The molecule has 32 heavy (non-hydrogen) atoms. The number of piperazine rings is 1. The van der Waals surface area contributed by atoms with E-state index in [1.165, 1.54) is 35.2 Å². The SMILES string of the molecule is COc1ccc(C(=O)N2CCN(S(=O)(=O)c3ccc4c(c3)sc(=O)n4C)CC2)cc1OC. The first-order valence-corrected chi connectivity index (χ1v) is 12.1. The lowest BCUT2D eigenvalue weighted by Gasteiger charge is -2.34. The number of carbonyl (C=O) groups is 1. The van der Waals surface area contributed by atoms with E-state index in [0.717, 1.165) is 11.3 Å². The first kappa shape index (κ1) is 22.3. The van der Waals surface area contributed by atoms with E-state index in [-0.39, 0.29) is 41.9 Å². The molecule has 0 atom stereocenters. The number of carbonyl (C=O) groups excluding carboxylic acids is 1. The molecule has 11 heteroatoms. The summed E-state index contributed by atoms with van der Waals surface area (Å²) in [5, 5.41) is 0. The third-order valence-electron chi connectivity index (χ3n) is 5.56. The van der Waals surface area contributed by atoms with Crippen molar-refractivity contribution in [1.29, 1.82) is 0 Å². The van der Waals surface area contributed by atoms with Crippen molar-refractivity contribution in [3.05, 3.63) is 51.6 Å². The summed E-state index contributed by atoms with van der Waals surface area (Å²) < 4.78 is 40.2. The van der Waals surface area contributed by atoms with Gasteiger partial charge in [-0.3, -0.25) is 9.59 Å². The Kier molecular flexibility index (Phi) is 5.97. The maximum Gasteiger partial charge on any atom is 0.307 e. The Morgan fingerprint density at radius 1 is 0.969 bits per heavy atom. The molecule has 0 bridgehead atoms. The van der Waals surface area contributed by atoms with Gasteiger partial charge in [0.15, 0.2) is 11.5 Å². The summed E-state index contributed by atoms with van der Waals surface area (Å²) in [6, 6.07) is 9.65. The summed E-state index contributed by atoms with van der Waals surface area (Å²) in [7, 11) is 0.944. The van der Waals surface area contributed by atoms with E-state index >= 15 is 0 Å². The molecule has 3 aromatic rings. The minimum absolute atomic E-state index is 0.142. The summed E-state index contributed by atoms with van der Waals surface area (Å²) in [5.74, 6) is 0.789. The first-order valence-electron chi connectivity index (χ1n) is 9.87. The van der Waals surface area contributed by atoms with E-state index in [1.54, 1.807) is 36.2 Å². The monoisotopic (exact) mass is 477 g/mol. The second-order valence-electron chi connectivity index (χ2n) is 7.32. The third-order valence-corrected chi connectivity index (χ3v) is 8.45. The van der Waals surface area contributed by atoms with Crippen LogP contribution in [0.25, 0.3) is 10.2 Å². The Hall–Kier alpha value is -2.89. The van der Waals surface area contributed by atoms with Gasteiger partial charge in [-0.25, -0.2) is 8.42 Å². The fourth-order valence-corrected chi connectivity index (χ4v) is 6.15. The molecule has 1 aromatic heterocycles. The summed E-state index contributed by atoms with van der Waals surface area (Å²) in [6.45, 7) is 0.912. The van der Waals surface area contributed by atoms with E-state index in [9.17, 15) is 18.0 Å². The van der Waals surface area contributed by atoms with Crippen LogP contribution in [0.1, 0.15) is 10.4 Å². The Balaban J connectivity index is 1.49. The Morgan fingerprint density at radius 3 is 2.31 bits per heavy atom. The molecule has 1 saturated heterocycles. The lowest BCUT2D eigenvalue weighted by atomic mass is 10.1. The van der Waals surface area contributed by atoms with Crippen LogP contribution in [0.2, 0.25) is 0 Å². The molecule has 1 fully saturated rings. The quantitative estimate of drug-likeness (QED) is 0.556. The molecule has 9 nitrogen and oxygen atoms in total. The van der Waals surface area contributed by atoms with E-state index in [0.29, 0.717) is 27.3 Å². The molecule has 2 aromatic carbocycles. The molecular weight excluding hydrogens is 454 g/mol. The topological polar surface area (TPSA) is 98.2 Å². The highest BCUT2D eigenvalue weighted by molar-refractivity contribution is 7.89. The molecule has 0 aliphatic carbocycles. The van der Waals surface area contributed by atoms with E-state index < -0.39 is 10.0 Å². The fraction of sp³-hybridized carbons (Fsp3) is 0.333. The number of nitrogens with zero attached hydrogens (tertiary/aromatic N) is 3. The molecule has 0 spiro atoms. The number of hydrogen-bond donors (Lipinski definition) is 0. The van der Waals surface area contributed by atoms with Gasteiger partial charge in [-0.2, -0.15) is 4.31 Å². The standard InChI is InChI=1S/C21H23N3O6S2/c1-22-16-6-5-15(13-19(16)31-21(22)26)32(27,28)24-10-8-23(9-11-24)20(25)14-4-7-17(29-2)18(12-14)30-3/h4-7,12-13H,8-11H2,1-3H3. The van der Waals surface area contributed by atoms with Crippen molar-refractivity contribution in [2.24, 2.45) is 7.05 Å². The van der Waals surface area contributed by atoms with Crippen LogP contribution >= 0.6 is 11.3 Å².